The molecular weight excluding hydrogens is 330 g/mol. The second-order valence-corrected chi connectivity index (χ2v) is 5.67. The lowest BCUT2D eigenvalue weighted by atomic mass is 10.1. The molecular formula is C17H12BrNO2. The van der Waals surface area contributed by atoms with Gasteiger partial charge in [0.2, 0.25) is 5.90 Å². The first-order valence-corrected chi connectivity index (χ1v) is 7.26. The largest absolute Gasteiger partial charge is 0.402 e. The van der Waals surface area contributed by atoms with Crippen molar-refractivity contribution in [2.45, 2.75) is 6.92 Å². The van der Waals surface area contributed by atoms with Gasteiger partial charge in [0.25, 0.3) is 0 Å². The maximum absolute atomic E-state index is 11.9. The Morgan fingerprint density at radius 3 is 2.62 bits per heavy atom. The molecule has 0 amide bonds. The number of hydrogen-bond acceptors (Lipinski definition) is 3. The predicted molar refractivity (Wildman–Crippen MR) is 85.9 cm³/mol. The van der Waals surface area contributed by atoms with E-state index in [-0.39, 0.29) is 0 Å². The molecule has 1 aliphatic heterocycles. The van der Waals surface area contributed by atoms with Crippen molar-refractivity contribution in [1.29, 1.82) is 0 Å². The maximum Gasteiger partial charge on any atom is 0.363 e. The molecule has 0 bridgehead atoms. The average Bonchev–Trinajstić information content (AvgIpc) is 2.81. The summed E-state index contributed by atoms with van der Waals surface area (Å²) in [7, 11) is 0. The molecule has 0 saturated carbocycles. The Labute approximate surface area is 131 Å². The van der Waals surface area contributed by atoms with E-state index in [1.165, 1.54) is 0 Å². The summed E-state index contributed by atoms with van der Waals surface area (Å²) >= 11 is 3.37. The number of aryl methyl sites for hydroxylation is 1. The van der Waals surface area contributed by atoms with Gasteiger partial charge < -0.3 is 4.74 Å². The van der Waals surface area contributed by atoms with E-state index >= 15 is 0 Å². The van der Waals surface area contributed by atoms with Gasteiger partial charge in [-0.1, -0.05) is 45.8 Å². The lowest BCUT2D eigenvalue weighted by molar-refractivity contribution is -0.129. The van der Waals surface area contributed by atoms with E-state index in [0.717, 1.165) is 21.2 Å². The fourth-order valence-corrected chi connectivity index (χ4v) is 2.31. The number of cyclic esters (lactones) is 1. The molecule has 1 aliphatic rings. The van der Waals surface area contributed by atoms with Crippen molar-refractivity contribution in [3.8, 4) is 0 Å². The highest BCUT2D eigenvalue weighted by atomic mass is 79.9. The quantitative estimate of drug-likeness (QED) is 0.609. The van der Waals surface area contributed by atoms with Crippen molar-refractivity contribution >= 4 is 33.9 Å². The van der Waals surface area contributed by atoms with Crippen LogP contribution in [-0.4, -0.2) is 11.9 Å². The maximum atomic E-state index is 11.9. The fraction of sp³-hybridized carbons (Fsp3) is 0.0588. The highest BCUT2D eigenvalue weighted by molar-refractivity contribution is 9.10. The Kier molecular flexibility index (Phi) is 3.71. The number of carbonyl (C=O) groups is 1. The summed E-state index contributed by atoms with van der Waals surface area (Å²) < 4.78 is 6.19. The van der Waals surface area contributed by atoms with Gasteiger partial charge in [0.1, 0.15) is 0 Å². The second-order valence-electron chi connectivity index (χ2n) is 4.76. The van der Waals surface area contributed by atoms with Crippen LogP contribution in [0.4, 0.5) is 0 Å². The van der Waals surface area contributed by atoms with E-state index in [0.29, 0.717) is 11.6 Å². The van der Waals surface area contributed by atoms with Crippen LogP contribution in [0.15, 0.2) is 63.7 Å². The number of benzene rings is 2. The zero-order valence-corrected chi connectivity index (χ0v) is 12.9. The Balaban J connectivity index is 1.93. The minimum atomic E-state index is -0.422. The smallest absolute Gasteiger partial charge is 0.363 e. The summed E-state index contributed by atoms with van der Waals surface area (Å²) in [4.78, 5) is 16.2. The normalized spacial score (nSPS) is 16.0. The van der Waals surface area contributed by atoms with Gasteiger partial charge in [-0.3, -0.25) is 0 Å². The van der Waals surface area contributed by atoms with Gasteiger partial charge in [0.05, 0.1) is 0 Å². The zero-order chi connectivity index (χ0) is 14.8. The monoisotopic (exact) mass is 341 g/mol. The number of hydrogen-bond donors (Lipinski definition) is 0. The van der Waals surface area contributed by atoms with Crippen molar-refractivity contribution in [2.24, 2.45) is 4.99 Å². The van der Waals surface area contributed by atoms with Crippen LogP contribution in [0.3, 0.4) is 0 Å². The molecule has 0 radical (unpaired) electrons. The first-order chi connectivity index (χ1) is 10.1. The van der Waals surface area contributed by atoms with Crippen molar-refractivity contribution in [2.75, 3.05) is 0 Å². The molecule has 104 valence electrons. The predicted octanol–water partition coefficient (Wildman–Crippen LogP) is 4.10. The minimum Gasteiger partial charge on any atom is -0.402 e. The minimum absolute atomic E-state index is 0.318. The summed E-state index contributed by atoms with van der Waals surface area (Å²) in [5.74, 6) is -0.0826. The second kappa shape index (κ2) is 5.66. The Morgan fingerprint density at radius 2 is 1.90 bits per heavy atom. The molecule has 0 aliphatic carbocycles. The third-order valence-electron chi connectivity index (χ3n) is 3.06. The molecule has 21 heavy (non-hydrogen) atoms. The van der Waals surface area contributed by atoms with Crippen LogP contribution >= 0.6 is 15.9 Å². The Bertz CT molecular complexity index is 761. The van der Waals surface area contributed by atoms with E-state index in [2.05, 4.69) is 20.9 Å². The molecule has 0 saturated heterocycles. The number of carbonyl (C=O) groups excluding carboxylic acids is 1. The molecule has 3 nitrogen and oxygen atoms in total. The molecule has 1 heterocycles. The third-order valence-corrected chi connectivity index (χ3v) is 3.59. The summed E-state index contributed by atoms with van der Waals surface area (Å²) in [5.41, 5.74) is 3.16. The number of rotatable bonds is 2. The molecule has 0 spiro atoms. The lowest BCUT2D eigenvalue weighted by Crippen LogP contribution is -2.05. The topological polar surface area (TPSA) is 38.7 Å². The van der Waals surface area contributed by atoms with Gasteiger partial charge in [-0.2, -0.15) is 0 Å². The van der Waals surface area contributed by atoms with E-state index in [1.807, 2.05) is 55.5 Å². The summed E-state index contributed by atoms with van der Waals surface area (Å²) in [6, 6.07) is 15.3. The van der Waals surface area contributed by atoms with E-state index in [9.17, 15) is 4.79 Å². The van der Waals surface area contributed by atoms with Crippen LogP contribution in [0.2, 0.25) is 0 Å². The summed E-state index contributed by atoms with van der Waals surface area (Å²) in [5, 5.41) is 0. The van der Waals surface area contributed by atoms with Crippen LogP contribution in [-0.2, 0) is 9.53 Å². The van der Waals surface area contributed by atoms with E-state index < -0.39 is 5.97 Å². The van der Waals surface area contributed by atoms with Crippen molar-refractivity contribution in [3.63, 3.8) is 0 Å². The Hall–Kier alpha value is -2.20. The van der Waals surface area contributed by atoms with Gasteiger partial charge in [-0.15, -0.1) is 0 Å². The van der Waals surface area contributed by atoms with Gasteiger partial charge in [0, 0.05) is 10.0 Å². The van der Waals surface area contributed by atoms with Gasteiger partial charge in [0.15, 0.2) is 5.70 Å². The zero-order valence-electron chi connectivity index (χ0n) is 11.3. The molecule has 0 aromatic heterocycles. The first-order valence-electron chi connectivity index (χ1n) is 6.47. The van der Waals surface area contributed by atoms with Gasteiger partial charge >= 0.3 is 5.97 Å². The number of esters is 1. The molecule has 0 fully saturated rings. The van der Waals surface area contributed by atoms with Gasteiger partial charge in [-0.05, 0) is 42.8 Å². The van der Waals surface area contributed by atoms with Crippen LogP contribution < -0.4 is 0 Å². The first kappa shape index (κ1) is 13.8. The van der Waals surface area contributed by atoms with Gasteiger partial charge in [-0.25, -0.2) is 9.79 Å². The average molecular weight is 342 g/mol. The molecule has 0 unspecified atom stereocenters. The number of aliphatic imine (C=N–C) groups is 1. The van der Waals surface area contributed by atoms with Crippen LogP contribution in [0, 0.1) is 6.92 Å². The highest BCUT2D eigenvalue weighted by Gasteiger charge is 2.23. The van der Waals surface area contributed by atoms with E-state index in [1.54, 1.807) is 6.08 Å². The molecule has 0 atom stereocenters. The van der Waals surface area contributed by atoms with Crippen molar-refractivity contribution in [3.05, 3.63) is 75.4 Å². The van der Waals surface area contributed by atoms with Crippen LogP contribution in [0.25, 0.3) is 6.08 Å². The Morgan fingerprint density at radius 1 is 1.14 bits per heavy atom. The van der Waals surface area contributed by atoms with E-state index in [4.69, 9.17) is 4.74 Å². The standard InChI is InChI=1S/C17H12BrNO2/c1-11-3-2-4-12(9-11)10-15-17(20)21-16(19-15)13-5-7-14(18)8-6-13/h2-10H,1H3/b15-10+. The lowest BCUT2D eigenvalue weighted by Gasteiger charge is -1.98. The van der Waals surface area contributed by atoms with Crippen molar-refractivity contribution < 1.29 is 9.53 Å². The number of ether oxygens (including phenoxy) is 1. The molecule has 0 N–H and O–H groups in total. The number of nitrogens with zero attached hydrogens (tertiary/aromatic N) is 1. The fourth-order valence-electron chi connectivity index (χ4n) is 2.04. The molecule has 4 heteroatoms. The summed E-state index contributed by atoms with van der Waals surface area (Å²) in [6.07, 6.45) is 1.74. The molecule has 2 aromatic carbocycles. The third kappa shape index (κ3) is 3.11. The summed E-state index contributed by atoms with van der Waals surface area (Å²) in [6.45, 7) is 2.01. The van der Waals surface area contributed by atoms with Crippen LogP contribution in [0.5, 0.6) is 0 Å². The van der Waals surface area contributed by atoms with Crippen molar-refractivity contribution in [1.82, 2.24) is 0 Å². The molecule has 3 rings (SSSR count). The van der Waals surface area contributed by atoms with Crippen LogP contribution in [0.1, 0.15) is 16.7 Å². The number of halogens is 1. The molecule has 2 aromatic rings. The SMILES string of the molecule is Cc1cccc(/C=C2/N=C(c3ccc(Br)cc3)OC2=O)c1. The highest BCUT2D eigenvalue weighted by Crippen LogP contribution is 2.20.